The largest absolute Gasteiger partial charge is 0.366 e. The molecule has 1 aromatic heterocycles. The molecule has 3 rings (SSSR count). The Hall–Kier alpha value is -2.93. The molecule has 2 amide bonds. The van der Waals surface area contributed by atoms with Crippen LogP contribution in [-0.2, 0) is 4.79 Å². The van der Waals surface area contributed by atoms with Gasteiger partial charge in [0.05, 0.1) is 16.1 Å². The number of hydrogen-bond acceptors (Lipinski definition) is 4. The molecule has 0 bridgehead atoms. The molecule has 5 nitrogen and oxygen atoms in total. The molecule has 0 aliphatic heterocycles. The maximum absolute atomic E-state index is 13.1. The first-order valence-corrected chi connectivity index (χ1v) is 8.89. The Bertz CT molecular complexity index is 978. The highest BCUT2D eigenvalue weighted by atomic mass is 32.2. The van der Waals surface area contributed by atoms with Gasteiger partial charge < -0.3 is 11.1 Å². The molecule has 132 valence electrons. The molecule has 2 aromatic carbocycles. The first-order chi connectivity index (χ1) is 12.5. The summed E-state index contributed by atoms with van der Waals surface area (Å²) in [6, 6.07) is 14.6. The van der Waals surface area contributed by atoms with Crippen LogP contribution in [0.3, 0.4) is 0 Å². The predicted molar refractivity (Wildman–Crippen MR) is 101 cm³/mol. The van der Waals surface area contributed by atoms with Gasteiger partial charge in [-0.3, -0.25) is 9.59 Å². The SMILES string of the molecule is NC(=O)c1cc(SCCC(=O)Nc2cccc(F)c2)nc2ccccc12. The molecule has 0 saturated heterocycles. The third kappa shape index (κ3) is 4.37. The average Bonchev–Trinajstić information content (AvgIpc) is 2.61. The number of benzene rings is 2. The van der Waals surface area contributed by atoms with Gasteiger partial charge in [0.15, 0.2) is 0 Å². The number of halogens is 1. The minimum Gasteiger partial charge on any atom is -0.366 e. The van der Waals surface area contributed by atoms with E-state index in [9.17, 15) is 14.0 Å². The number of fused-ring (bicyclic) bond motifs is 1. The summed E-state index contributed by atoms with van der Waals surface area (Å²) in [5, 5.41) is 3.96. The third-order valence-corrected chi connectivity index (χ3v) is 4.56. The lowest BCUT2D eigenvalue weighted by atomic mass is 10.1. The summed E-state index contributed by atoms with van der Waals surface area (Å²) in [5.41, 5.74) is 6.95. The monoisotopic (exact) mass is 369 g/mol. The first-order valence-electron chi connectivity index (χ1n) is 7.91. The van der Waals surface area contributed by atoms with E-state index in [1.54, 1.807) is 18.2 Å². The lowest BCUT2D eigenvalue weighted by molar-refractivity contribution is -0.115. The molecule has 0 aliphatic rings. The van der Waals surface area contributed by atoms with Crippen molar-refractivity contribution in [1.82, 2.24) is 4.98 Å². The number of pyridine rings is 1. The van der Waals surface area contributed by atoms with Gasteiger partial charge in [-0.15, -0.1) is 11.8 Å². The maximum atomic E-state index is 13.1. The highest BCUT2D eigenvalue weighted by Gasteiger charge is 2.11. The van der Waals surface area contributed by atoms with Crippen LogP contribution in [0.15, 0.2) is 59.6 Å². The number of carbonyl (C=O) groups is 2. The smallest absolute Gasteiger partial charge is 0.249 e. The van der Waals surface area contributed by atoms with E-state index in [1.807, 2.05) is 18.2 Å². The quantitative estimate of drug-likeness (QED) is 0.650. The fourth-order valence-electron chi connectivity index (χ4n) is 2.47. The average molecular weight is 369 g/mol. The van der Waals surface area contributed by atoms with Crippen LogP contribution in [0.25, 0.3) is 10.9 Å². The van der Waals surface area contributed by atoms with Crippen molar-refractivity contribution in [3.8, 4) is 0 Å². The number of rotatable bonds is 6. The molecular formula is C19H16FN3O2S. The van der Waals surface area contributed by atoms with Crippen LogP contribution in [0.2, 0.25) is 0 Å². The molecular weight excluding hydrogens is 353 g/mol. The molecule has 1 heterocycles. The lowest BCUT2D eigenvalue weighted by Crippen LogP contribution is -2.13. The zero-order valence-corrected chi connectivity index (χ0v) is 14.6. The fraction of sp³-hybridized carbons (Fsp3) is 0.105. The van der Waals surface area contributed by atoms with Gasteiger partial charge in [0, 0.05) is 23.2 Å². The van der Waals surface area contributed by atoms with E-state index in [2.05, 4.69) is 10.3 Å². The van der Waals surface area contributed by atoms with Crippen molar-refractivity contribution in [3.63, 3.8) is 0 Å². The number of aromatic nitrogens is 1. The number of nitrogens with zero attached hydrogens (tertiary/aromatic N) is 1. The summed E-state index contributed by atoms with van der Waals surface area (Å²) in [4.78, 5) is 28.1. The molecule has 0 spiro atoms. The first kappa shape index (κ1) is 17.9. The molecule has 0 radical (unpaired) electrons. The Morgan fingerprint density at radius 2 is 1.92 bits per heavy atom. The van der Waals surface area contributed by atoms with Crippen molar-refractivity contribution in [2.75, 3.05) is 11.1 Å². The van der Waals surface area contributed by atoms with Gasteiger partial charge in [-0.25, -0.2) is 9.37 Å². The standard InChI is InChI=1S/C19H16FN3O2S/c20-12-4-3-5-13(10-12)22-17(24)8-9-26-18-11-15(19(21)25)14-6-1-2-7-16(14)23-18/h1-7,10-11H,8-9H2,(H2,21,25)(H,22,24). The van der Waals surface area contributed by atoms with Crippen molar-refractivity contribution >= 4 is 40.2 Å². The van der Waals surface area contributed by atoms with Crippen LogP contribution in [0, 0.1) is 5.82 Å². The van der Waals surface area contributed by atoms with Crippen LogP contribution in [-0.4, -0.2) is 22.6 Å². The molecule has 7 heteroatoms. The number of thioether (sulfide) groups is 1. The number of anilines is 1. The molecule has 0 unspecified atom stereocenters. The summed E-state index contributed by atoms with van der Waals surface area (Å²) in [7, 11) is 0. The normalized spacial score (nSPS) is 10.7. The number of hydrogen-bond donors (Lipinski definition) is 2. The van der Waals surface area contributed by atoms with E-state index in [-0.39, 0.29) is 12.3 Å². The van der Waals surface area contributed by atoms with Crippen molar-refractivity contribution in [2.45, 2.75) is 11.4 Å². The molecule has 0 fully saturated rings. The predicted octanol–water partition coefficient (Wildman–Crippen LogP) is 3.59. The van der Waals surface area contributed by atoms with E-state index >= 15 is 0 Å². The van der Waals surface area contributed by atoms with E-state index in [0.29, 0.717) is 32.9 Å². The second kappa shape index (κ2) is 7.97. The van der Waals surface area contributed by atoms with Crippen LogP contribution in [0.5, 0.6) is 0 Å². The zero-order chi connectivity index (χ0) is 18.5. The minimum atomic E-state index is -0.519. The van der Waals surface area contributed by atoms with Gasteiger partial charge in [-0.2, -0.15) is 0 Å². The number of nitrogens with two attached hydrogens (primary N) is 1. The number of carbonyl (C=O) groups excluding carboxylic acids is 2. The Morgan fingerprint density at radius 3 is 2.69 bits per heavy atom. The summed E-state index contributed by atoms with van der Waals surface area (Å²) < 4.78 is 13.1. The highest BCUT2D eigenvalue weighted by Crippen LogP contribution is 2.24. The van der Waals surface area contributed by atoms with Gasteiger partial charge in [0.2, 0.25) is 11.8 Å². The number of para-hydroxylation sites is 1. The Balaban J connectivity index is 1.64. The second-order valence-electron chi connectivity index (χ2n) is 5.55. The summed E-state index contributed by atoms with van der Waals surface area (Å²) in [6.07, 6.45) is 0.224. The highest BCUT2D eigenvalue weighted by molar-refractivity contribution is 7.99. The summed E-state index contributed by atoms with van der Waals surface area (Å²) >= 11 is 1.36. The van der Waals surface area contributed by atoms with Crippen LogP contribution >= 0.6 is 11.8 Å². The summed E-state index contributed by atoms with van der Waals surface area (Å²) in [6.45, 7) is 0. The maximum Gasteiger partial charge on any atom is 0.249 e. The minimum absolute atomic E-state index is 0.223. The molecule has 26 heavy (non-hydrogen) atoms. The Kier molecular flexibility index (Phi) is 5.48. The van der Waals surface area contributed by atoms with Gasteiger partial charge in [-0.05, 0) is 30.3 Å². The number of nitrogens with one attached hydrogen (secondary N) is 1. The van der Waals surface area contributed by atoms with Crippen molar-refractivity contribution in [3.05, 3.63) is 66.0 Å². The summed E-state index contributed by atoms with van der Waals surface area (Å²) in [5.74, 6) is -0.685. The zero-order valence-electron chi connectivity index (χ0n) is 13.7. The van der Waals surface area contributed by atoms with Gasteiger partial charge >= 0.3 is 0 Å². The molecule has 0 saturated carbocycles. The van der Waals surface area contributed by atoms with Crippen LogP contribution in [0.1, 0.15) is 16.8 Å². The lowest BCUT2D eigenvalue weighted by Gasteiger charge is -2.08. The third-order valence-electron chi connectivity index (χ3n) is 3.65. The van der Waals surface area contributed by atoms with E-state index in [1.165, 1.54) is 30.0 Å². The second-order valence-corrected chi connectivity index (χ2v) is 6.66. The van der Waals surface area contributed by atoms with Gasteiger partial charge in [0.25, 0.3) is 0 Å². The van der Waals surface area contributed by atoms with E-state index in [0.717, 1.165) is 0 Å². The van der Waals surface area contributed by atoms with Crippen LogP contribution in [0.4, 0.5) is 10.1 Å². The van der Waals surface area contributed by atoms with Crippen molar-refractivity contribution in [2.24, 2.45) is 5.73 Å². The van der Waals surface area contributed by atoms with Crippen molar-refractivity contribution in [1.29, 1.82) is 0 Å². The fourth-order valence-corrected chi connectivity index (χ4v) is 3.33. The van der Waals surface area contributed by atoms with Crippen LogP contribution < -0.4 is 11.1 Å². The Labute approximate surface area is 153 Å². The number of primary amides is 1. The topological polar surface area (TPSA) is 85.1 Å². The van der Waals surface area contributed by atoms with Gasteiger partial charge in [-0.1, -0.05) is 24.3 Å². The molecule has 0 atom stereocenters. The van der Waals surface area contributed by atoms with Gasteiger partial charge in [0.1, 0.15) is 5.82 Å². The van der Waals surface area contributed by atoms with E-state index < -0.39 is 11.7 Å². The molecule has 3 aromatic rings. The molecule has 0 aliphatic carbocycles. The Morgan fingerprint density at radius 1 is 1.12 bits per heavy atom. The molecule has 3 N–H and O–H groups in total. The van der Waals surface area contributed by atoms with E-state index in [4.69, 9.17) is 5.73 Å². The van der Waals surface area contributed by atoms with Crippen molar-refractivity contribution < 1.29 is 14.0 Å². The number of amides is 2.